The zero-order valence-electron chi connectivity index (χ0n) is 12.6. The molecule has 1 rings (SSSR count). The van der Waals surface area contributed by atoms with E-state index in [0.717, 1.165) is 11.1 Å². The number of amides is 2. The van der Waals surface area contributed by atoms with Gasteiger partial charge in [-0.3, -0.25) is 4.79 Å². The highest BCUT2D eigenvalue weighted by molar-refractivity contribution is 5.75. The normalized spacial score (nSPS) is 11.0. The summed E-state index contributed by atoms with van der Waals surface area (Å²) in [7, 11) is 1.55. The van der Waals surface area contributed by atoms with E-state index >= 15 is 0 Å². The van der Waals surface area contributed by atoms with Gasteiger partial charge in [-0.2, -0.15) is 0 Å². The Bertz CT molecular complexity index is 491. The molecule has 0 radical (unpaired) electrons. The third-order valence-electron chi connectivity index (χ3n) is 3.11. The molecule has 0 heterocycles. The van der Waals surface area contributed by atoms with E-state index in [1.54, 1.807) is 20.9 Å². The molecule has 6 nitrogen and oxygen atoms in total. The minimum absolute atomic E-state index is 0.0792. The lowest BCUT2D eigenvalue weighted by Crippen LogP contribution is -2.37. The fourth-order valence-electron chi connectivity index (χ4n) is 1.71. The second kappa shape index (κ2) is 7.08. The summed E-state index contributed by atoms with van der Waals surface area (Å²) in [6.45, 7) is 3.93. The van der Waals surface area contributed by atoms with Gasteiger partial charge in [0.2, 0.25) is 0 Å². The smallest absolute Gasteiger partial charge is 0.317 e. The highest BCUT2D eigenvalue weighted by Gasteiger charge is 2.15. The van der Waals surface area contributed by atoms with Crippen molar-refractivity contribution < 1.29 is 19.8 Å². The first kappa shape index (κ1) is 17.0. The predicted molar refractivity (Wildman–Crippen MR) is 78.8 cm³/mol. The largest absolute Gasteiger partial charge is 0.481 e. The molecule has 0 aliphatic heterocycles. The molecule has 21 heavy (non-hydrogen) atoms. The Labute approximate surface area is 124 Å². The average molecular weight is 294 g/mol. The van der Waals surface area contributed by atoms with Crippen molar-refractivity contribution in [3.8, 4) is 0 Å². The number of nitrogens with zero attached hydrogens (tertiary/aromatic N) is 1. The van der Waals surface area contributed by atoms with Gasteiger partial charge in [0.05, 0.1) is 12.0 Å². The molecule has 0 aliphatic rings. The zero-order chi connectivity index (χ0) is 16.0. The number of nitrogens with one attached hydrogen (secondary N) is 1. The number of carbonyl (C=O) groups is 2. The Morgan fingerprint density at radius 2 is 1.81 bits per heavy atom. The molecule has 2 amide bonds. The summed E-state index contributed by atoms with van der Waals surface area (Å²) < 4.78 is 0. The van der Waals surface area contributed by atoms with E-state index in [1.807, 2.05) is 24.3 Å². The van der Waals surface area contributed by atoms with Crippen molar-refractivity contribution in [1.29, 1.82) is 0 Å². The summed E-state index contributed by atoms with van der Waals surface area (Å²) in [5, 5.41) is 21.1. The van der Waals surface area contributed by atoms with Crippen molar-refractivity contribution in [3.63, 3.8) is 0 Å². The van der Waals surface area contributed by atoms with Crippen molar-refractivity contribution in [1.82, 2.24) is 10.2 Å². The Kier molecular flexibility index (Phi) is 5.72. The van der Waals surface area contributed by atoms with Gasteiger partial charge in [-0.15, -0.1) is 0 Å². The Morgan fingerprint density at radius 1 is 1.24 bits per heavy atom. The van der Waals surface area contributed by atoms with E-state index < -0.39 is 11.6 Å². The molecule has 0 unspecified atom stereocenters. The van der Waals surface area contributed by atoms with Crippen LogP contribution in [-0.2, 0) is 16.9 Å². The molecule has 0 saturated heterocycles. The quantitative estimate of drug-likeness (QED) is 0.742. The fraction of sp³-hybridized carbons (Fsp3) is 0.467. The van der Waals surface area contributed by atoms with E-state index in [2.05, 4.69) is 5.32 Å². The van der Waals surface area contributed by atoms with Crippen LogP contribution in [0.25, 0.3) is 0 Å². The maximum atomic E-state index is 11.7. The van der Waals surface area contributed by atoms with Gasteiger partial charge < -0.3 is 20.4 Å². The first-order valence-corrected chi connectivity index (χ1v) is 6.72. The van der Waals surface area contributed by atoms with Crippen LogP contribution in [0, 0.1) is 0 Å². The molecule has 0 fully saturated rings. The van der Waals surface area contributed by atoms with Crippen molar-refractivity contribution in [2.75, 3.05) is 13.6 Å². The highest BCUT2D eigenvalue weighted by Crippen LogP contribution is 2.19. The Morgan fingerprint density at radius 3 is 2.29 bits per heavy atom. The van der Waals surface area contributed by atoms with Crippen molar-refractivity contribution in [2.24, 2.45) is 0 Å². The van der Waals surface area contributed by atoms with Crippen molar-refractivity contribution in [3.05, 3.63) is 35.4 Å². The van der Waals surface area contributed by atoms with Crippen LogP contribution in [0.15, 0.2) is 24.3 Å². The van der Waals surface area contributed by atoms with Crippen LogP contribution < -0.4 is 5.32 Å². The van der Waals surface area contributed by atoms with Crippen LogP contribution in [0.5, 0.6) is 0 Å². The standard InChI is InChI=1S/C15H22N2O4/c1-15(2,21)12-6-4-11(5-7-12)10-16-14(20)17(3)9-8-13(18)19/h4-7,21H,8-10H2,1-3H3,(H,16,20)(H,18,19). The fourth-order valence-corrected chi connectivity index (χ4v) is 1.71. The van der Waals surface area contributed by atoms with Crippen LogP contribution in [-0.4, -0.2) is 40.7 Å². The molecular formula is C15H22N2O4. The predicted octanol–water partition coefficient (Wildman–Crippen LogP) is 1.53. The molecule has 1 aromatic rings. The first-order chi connectivity index (χ1) is 9.70. The van der Waals surface area contributed by atoms with Gasteiger partial charge in [-0.25, -0.2) is 4.79 Å². The van der Waals surface area contributed by atoms with E-state index in [4.69, 9.17) is 5.11 Å². The molecule has 0 spiro atoms. The minimum Gasteiger partial charge on any atom is -0.481 e. The number of carboxylic acids is 1. The number of hydrogen-bond acceptors (Lipinski definition) is 3. The molecule has 116 valence electrons. The summed E-state index contributed by atoms with van der Waals surface area (Å²) in [6, 6.07) is 6.99. The molecule has 0 atom stereocenters. The lowest BCUT2D eigenvalue weighted by molar-refractivity contribution is -0.137. The topological polar surface area (TPSA) is 89.9 Å². The number of aliphatic carboxylic acids is 1. The summed E-state index contributed by atoms with van der Waals surface area (Å²) in [6.07, 6.45) is -0.0792. The molecule has 3 N–H and O–H groups in total. The molecule has 6 heteroatoms. The van der Waals surface area contributed by atoms with Gasteiger partial charge in [-0.05, 0) is 25.0 Å². The molecular weight excluding hydrogens is 272 g/mol. The number of carbonyl (C=O) groups excluding carboxylic acids is 1. The van der Waals surface area contributed by atoms with Gasteiger partial charge in [-0.1, -0.05) is 24.3 Å². The number of aliphatic hydroxyl groups is 1. The van der Waals surface area contributed by atoms with E-state index in [-0.39, 0.29) is 19.0 Å². The zero-order valence-corrected chi connectivity index (χ0v) is 12.6. The molecule has 0 saturated carbocycles. The summed E-state index contributed by atoms with van der Waals surface area (Å²) in [5.74, 6) is -0.933. The maximum Gasteiger partial charge on any atom is 0.317 e. The summed E-state index contributed by atoms with van der Waals surface area (Å²) in [4.78, 5) is 23.5. The molecule has 1 aromatic carbocycles. The van der Waals surface area contributed by atoms with Gasteiger partial charge in [0.25, 0.3) is 0 Å². The van der Waals surface area contributed by atoms with Crippen LogP contribution in [0.2, 0.25) is 0 Å². The van der Waals surface area contributed by atoms with Gasteiger partial charge >= 0.3 is 12.0 Å². The third kappa shape index (κ3) is 5.83. The van der Waals surface area contributed by atoms with Crippen LogP contribution in [0.3, 0.4) is 0 Å². The molecule has 0 aliphatic carbocycles. The van der Waals surface area contributed by atoms with Gasteiger partial charge in [0, 0.05) is 20.1 Å². The number of hydrogen-bond donors (Lipinski definition) is 3. The van der Waals surface area contributed by atoms with Gasteiger partial charge in [0.1, 0.15) is 0 Å². The molecule has 0 aromatic heterocycles. The lowest BCUT2D eigenvalue weighted by atomic mass is 9.97. The van der Waals surface area contributed by atoms with E-state index in [0.29, 0.717) is 6.54 Å². The summed E-state index contributed by atoms with van der Waals surface area (Å²) >= 11 is 0. The van der Waals surface area contributed by atoms with Crippen LogP contribution in [0.4, 0.5) is 4.79 Å². The van der Waals surface area contributed by atoms with Crippen LogP contribution in [0.1, 0.15) is 31.4 Å². The summed E-state index contributed by atoms with van der Waals surface area (Å²) in [5.41, 5.74) is 0.817. The second-order valence-corrected chi connectivity index (χ2v) is 5.48. The van der Waals surface area contributed by atoms with Gasteiger partial charge in [0.15, 0.2) is 0 Å². The molecule has 0 bridgehead atoms. The lowest BCUT2D eigenvalue weighted by Gasteiger charge is -2.19. The average Bonchev–Trinajstić information content (AvgIpc) is 2.41. The minimum atomic E-state index is -0.933. The second-order valence-electron chi connectivity index (χ2n) is 5.48. The van der Waals surface area contributed by atoms with Crippen molar-refractivity contribution in [2.45, 2.75) is 32.4 Å². The number of carboxylic acid groups (broad SMARTS) is 1. The maximum absolute atomic E-state index is 11.7. The highest BCUT2D eigenvalue weighted by atomic mass is 16.4. The number of benzene rings is 1. The Balaban J connectivity index is 2.48. The van der Waals surface area contributed by atoms with E-state index in [9.17, 15) is 14.7 Å². The van der Waals surface area contributed by atoms with E-state index in [1.165, 1.54) is 4.90 Å². The Hall–Kier alpha value is -2.08. The first-order valence-electron chi connectivity index (χ1n) is 6.72. The monoisotopic (exact) mass is 294 g/mol. The van der Waals surface area contributed by atoms with Crippen LogP contribution >= 0.6 is 0 Å². The SMILES string of the molecule is CN(CCC(=O)O)C(=O)NCc1ccc(C(C)(C)O)cc1. The number of rotatable bonds is 6. The third-order valence-corrected chi connectivity index (χ3v) is 3.11. The number of urea groups is 1. The van der Waals surface area contributed by atoms with Crippen molar-refractivity contribution >= 4 is 12.0 Å².